The lowest BCUT2D eigenvalue weighted by Gasteiger charge is -2.11. The lowest BCUT2D eigenvalue weighted by Crippen LogP contribution is -2.34. The molecule has 9 heteroatoms. The minimum Gasteiger partial charge on any atom is -0.452 e. The fourth-order valence-electron chi connectivity index (χ4n) is 2.94. The zero-order chi connectivity index (χ0) is 23.8. The second-order valence-electron chi connectivity index (χ2n) is 6.56. The van der Waals surface area contributed by atoms with Gasteiger partial charge in [-0.05, 0) is 42.0 Å². The predicted molar refractivity (Wildman–Crippen MR) is 112 cm³/mol. The molecular formula is C24H16F2N2O5. The van der Waals surface area contributed by atoms with Gasteiger partial charge in [-0.25, -0.2) is 4.79 Å². The lowest BCUT2D eigenvalue weighted by molar-refractivity contribution is -0.123. The molecule has 0 spiro atoms. The van der Waals surface area contributed by atoms with Crippen LogP contribution in [0.1, 0.15) is 26.3 Å². The fraction of sp³-hybridized carbons (Fsp3) is 0.0833. The number of carbonyl (C=O) groups excluding carboxylic acids is 3. The van der Waals surface area contributed by atoms with E-state index >= 15 is 0 Å². The summed E-state index contributed by atoms with van der Waals surface area (Å²) in [6.45, 7) is -3.73. The van der Waals surface area contributed by atoms with Crippen LogP contribution in [0.4, 0.5) is 8.78 Å². The molecule has 0 aliphatic rings. The third kappa shape index (κ3) is 5.98. The number of alkyl halides is 2. The molecule has 0 unspecified atom stereocenters. The molecule has 3 aromatic carbocycles. The van der Waals surface area contributed by atoms with Gasteiger partial charge in [0.2, 0.25) is 0 Å². The number of carbonyl (C=O) groups is 3. The van der Waals surface area contributed by atoms with Crippen molar-refractivity contribution in [3.8, 4) is 22.9 Å². The standard InChI is InChI=1S/C24H16F2N2O5/c25-24(26)33-17-11-9-15(10-12-17)22(30)28-21(29)14-32-23(31)20-8-4-3-7-19(20)18-6-2-1-5-16(18)13-27/h1-12,24H,14H2,(H,28,29,30). The van der Waals surface area contributed by atoms with E-state index in [1.54, 1.807) is 42.5 Å². The van der Waals surface area contributed by atoms with Crippen molar-refractivity contribution < 1.29 is 32.6 Å². The maximum atomic E-state index is 12.6. The van der Waals surface area contributed by atoms with E-state index in [9.17, 15) is 28.4 Å². The average molecular weight is 450 g/mol. The summed E-state index contributed by atoms with van der Waals surface area (Å²) in [6.07, 6.45) is 0. The van der Waals surface area contributed by atoms with Crippen molar-refractivity contribution in [2.45, 2.75) is 6.61 Å². The van der Waals surface area contributed by atoms with Crippen LogP contribution in [0.15, 0.2) is 72.8 Å². The van der Waals surface area contributed by atoms with E-state index in [0.29, 0.717) is 16.7 Å². The molecule has 0 saturated carbocycles. The van der Waals surface area contributed by atoms with Gasteiger partial charge in [-0.3, -0.25) is 14.9 Å². The van der Waals surface area contributed by atoms with E-state index in [1.165, 1.54) is 18.2 Å². The first-order valence-electron chi connectivity index (χ1n) is 9.53. The van der Waals surface area contributed by atoms with E-state index < -0.39 is 31.0 Å². The summed E-state index contributed by atoms with van der Waals surface area (Å²) in [6, 6.07) is 20.0. The van der Waals surface area contributed by atoms with Crippen LogP contribution in [-0.2, 0) is 9.53 Å². The van der Waals surface area contributed by atoms with Crippen LogP contribution in [-0.4, -0.2) is 31.0 Å². The molecule has 0 atom stereocenters. The van der Waals surface area contributed by atoms with Gasteiger partial charge in [-0.1, -0.05) is 36.4 Å². The van der Waals surface area contributed by atoms with Crippen molar-refractivity contribution in [3.05, 3.63) is 89.5 Å². The topological polar surface area (TPSA) is 105 Å². The van der Waals surface area contributed by atoms with Gasteiger partial charge < -0.3 is 9.47 Å². The van der Waals surface area contributed by atoms with Crippen molar-refractivity contribution >= 4 is 17.8 Å². The van der Waals surface area contributed by atoms with E-state index in [0.717, 1.165) is 12.1 Å². The molecular weight excluding hydrogens is 434 g/mol. The van der Waals surface area contributed by atoms with Crippen LogP contribution in [0.3, 0.4) is 0 Å². The van der Waals surface area contributed by atoms with Gasteiger partial charge in [0.15, 0.2) is 6.61 Å². The SMILES string of the molecule is N#Cc1ccccc1-c1ccccc1C(=O)OCC(=O)NC(=O)c1ccc(OC(F)F)cc1. The van der Waals surface area contributed by atoms with Gasteiger partial charge >= 0.3 is 12.6 Å². The summed E-state index contributed by atoms with van der Waals surface area (Å²) in [7, 11) is 0. The molecule has 0 bridgehead atoms. The van der Waals surface area contributed by atoms with Crippen molar-refractivity contribution in [3.63, 3.8) is 0 Å². The van der Waals surface area contributed by atoms with Crippen LogP contribution >= 0.6 is 0 Å². The number of esters is 1. The van der Waals surface area contributed by atoms with Crippen molar-refractivity contribution in [1.82, 2.24) is 5.32 Å². The number of imide groups is 1. The highest BCUT2D eigenvalue weighted by Crippen LogP contribution is 2.27. The molecule has 33 heavy (non-hydrogen) atoms. The third-order valence-electron chi connectivity index (χ3n) is 4.41. The molecule has 0 saturated heterocycles. The number of halogens is 2. The number of hydrogen-bond donors (Lipinski definition) is 1. The van der Waals surface area contributed by atoms with E-state index in [2.05, 4.69) is 10.8 Å². The Kier molecular flexibility index (Phi) is 7.44. The largest absolute Gasteiger partial charge is 0.452 e. The Morgan fingerprint density at radius 2 is 1.55 bits per heavy atom. The summed E-state index contributed by atoms with van der Waals surface area (Å²) < 4.78 is 33.6. The molecule has 0 aliphatic heterocycles. The Balaban J connectivity index is 1.63. The van der Waals surface area contributed by atoms with Gasteiger partial charge in [0.1, 0.15) is 5.75 Å². The Bertz CT molecular complexity index is 1220. The molecule has 0 radical (unpaired) electrons. The summed E-state index contributed by atoms with van der Waals surface area (Å²) in [5.74, 6) is -2.63. The highest BCUT2D eigenvalue weighted by molar-refractivity contribution is 6.06. The third-order valence-corrected chi connectivity index (χ3v) is 4.41. The molecule has 0 aromatic heterocycles. The summed E-state index contributed by atoms with van der Waals surface area (Å²) in [5, 5.41) is 11.4. The normalized spacial score (nSPS) is 10.2. The maximum Gasteiger partial charge on any atom is 0.387 e. The molecule has 3 rings (SSSR count). The van der Waals surface area contributed by atoms with E-state index in [1.807, 2.05) is 5.32 Å². The highest BCUT2D eigenvalue weighted by atomic mass is 19.3. The monoisotopic (exact) mass is 450 g/mol. The first-order valence-corrected chi connectivity index (χ1v) is 9.53. The minimum atomic E-state index is -3.00. The molecule has 2 amide bonds. The van der Waals surface area contributed by atoms with Crippen molar-refractivity contribution in [1.29, 1.82) is 5.26 Å². The van der Waals surface area contributed by atoms with Crippen LogP contribution in [0.25, 0.3) is 11.1 Å². The zero-order valence-corrected chi connectivity index (χ0v) is 17.0. The quantitative estimate of drug-likeness (QED) is 0.547. The number of nitrogens with zero attached hydrogens (tertiary/aromatic N) is 1. The summed E-state index contributed by atoms with van der Waals surface area (Å²) in [4.78, 5) is 36.8. The maximum absolute atomic E-state index is 12.6. The Labute approximate surface area is 187 Å². The van der Waals surface area contributed by atoms with Gasteiger partial charge in [0.25, 0.3) is 11.8 Å². The molecule has 0 heterocycles. The van der Waals surface area contributed by atoms with Crippen LogP contribution in [0.2, 0.25) is 0 Å². The van der Waals surface area contributed by atoms with Crippen molar-refractivity contribution in [2.24, 2.45) is 0 Å². The summed E-state index contributed by atoms with van der Waals surface area (Å²) in [5.41, 5.74) is 1.53. The molecule has 166 valence electrons. The van der Waals surface area contributed by atoms with E-state index in [4.69, 9.17) is 4.74 Å². The summed E-state index contributed by atoms with van der Waals surface area (Å²) >= 11 is 0. The second kappa shape index (κ2) is 10.6. The molecule has 0 aliphatic carbocycles. The number of hydrogen-bond acceptors (Lipinski definition) is 6. The minimum absolute atomic E-state index is 0.0229. The van der Waals surface area contributed by atoms with Crippen LogP contribution in [0.5, 0.6) is 5.75 Å². The zero-order valence-electron chi connectivity index (χ0n) is 17.0. The number of benzene rings is 3. The van der Waals surface area contributed by atoms with Gasteiger partial charge in [0, 0.05) is 11.1 Å². The molecule has 0 fully saturated rings. The Morgan fingerprint density at radius 1 is 0.909 bits per heavy atom. The number of amides is 2. The first-order chi connectivity index (χ1) is 15.9. The van der Waals surface area contributed by atoms with Crippen LogP contribution < -0.4 is 10.1 Å². The molecule has 7 nitrogen and oxygen atoms in total. The smallest absolute Gasteiger partial charge is 0.387 e. The van der Waals surface area contributed by atoms with Gasteiger partial charge in [-0.15, -0.1) is 0 Å². The predicted octanol–water partition coefficient (Wildman–Crippen LogP) is 3.94. The number of nitriles is 1. The number of ether oxygens (including phenoxy) is 2. The first kappa shape index (κ1) is 23.1. The highest BCUT2D eigenvalue weighted by Gasteiger charge is 2.18. The van der Waals surface area contributed by atoms with Crippen LogP contribution in [0, 0.1) is 11.3 Å². The van der Waals surface area contributed by atoms with Gasteiger partial charge in [0.05, 0.1) is 17.2 Å². The number of nitrogens with one attached hydrogen (secondary N) is 1. The van der Waals surface area contributed by atoms with Gasteiger partial charge in [-0.2, -0.15) is 14.0 Å². The fourth-order valence-corrected chi connectivity index (χ4v) is 2.94. The second-order valence-corrected chi connectivity index (χ2v) is 6.56. The Morgan fingerprint density at radius 3 is 2.21 bits per heavy atom. The molecule has 1 N–H and O–H groups in total. The molecule has 3 aromatic rings. The lowest BCUT2D eigenvalue weighted by atomic mass is 9.96. The average Bonchev–Trinajstić information content (AvgIpc) is 2.82. The Hall–Kier alpha value is -4.58. The van der Waals surface area contributed by atoms with E-state index in [-0.39, 0.29) is 16.9 Å². The number of rotatable bonds is 7. The van der Waals surface area contributed by atoms with Crippen molar-refractivity contribution in [2.75, 3.05) is 6.61 Å².